The predicted molar refractivity (Wildman–Crippen MR) is 63.4 cm³/mol. The molecule has 0 aliphatic carbocycles. The molecule has 0 spiro atoms. The molecule has 4 nitrogen and oxygen atoms in total. The third kappa shape index (κ3) is 9.09. The Labute approximate surface area is 98.6 Å². The van der Waals surface area contributed by atoms with E-state index in [1.165, 1.54) is 0 Å². The highest BCUT2D eigenvalue weighted by Crippen LogP contribution is 2.07. The Morgan fingerprint density at radius 3 is 2.25 bits per heavy atom. The molecule has 2 atom stereocenters. The third-order valence-corrected chi connectivity index (χ3v) is 2.58. The standard InChI is InChI=1S/C12H26O4/c1-3-4-6-15-8-9-16-7-5-11(2)12(14)10-13/h11-14H,3-10H2,1-2H3. The molecular formula is C12H26O4. The van der Waals surface area contributed by atoms with Crippen LogP contribution in [-0.2, 0) is 9.47 Å². The molecule has 4 heteroatoms. The van der Waals surface area contributed by atoms with Gasteiger partial charge in [-0.3, -0.25) is 0 Å². The fourth-order valence-electron chi connectivity index (χ4n) is 1.21. The van der Waals surface area contributed by atoms with Crippen LogP contribution < -0.4 is 0 Å². The fraction of sp³-hybridized carbons (Fsp3) is 1.00. The second-order valence-electron chi connectivity index (χ2n) is 4.09. The highest BCUT2D eigenvalue weighted by molar-refractivity contribution is 4.62. The zero-order chi connectivity index (χ0) is 12.2. The molecule has 0 saturated heterocycles. The van der Waals surface area contributed by atoms with Gasteiger partial charge < -0.3 is 19.7 Å². The van der Waals surface area contributed by atoms with Crippen molar-refractivity contribution in [3.63, 3.8) is 0 Å². The summed E-state index contributed by atoms with van der Waals surface area (Å²) in [6.07, 6.45) is 2.37. The molecule has 0 radical (unpaired) electrons. The average Bonchev–Trinajstić information content (AvgIpc) is 2.31. The SMILES string of the molecule is CCCCOCCOCCC(C)C(O)CO. The Morgan fingerprint density at radius 1 is 1.06 bits per heavy atom. The molecule has 16 heavy (non-hydrogen) atoms. The molecule has 0 heterocycles. The van der Waals surface area contributed by atoms with Gasteiger partial charge in [0.1, 0.15) is 0 Å². The lowest BCUT2D eigenvalue weighted by Gasteiger charge is -2.16. The fourth-order valence-corrected chi connectivity index (χ4v) is 1.21. The first-order chi connectivity index (χ1) is 7.72. The summed E-state index contributed by atoms with van der Waals surface area (Å²) in [5.74, 6) is 0.0750. The molecule has 0 aromatic carbocycles. The first-order valence-corrected chi connectivity index (χ1v) is 6.16. The van der Waals surface area contributed by atoms with Gasteiger partial charge in [-0.15, -0.1) is 0 Å². The topological polar surface area (TPSA) is 58.9 Å². The van der Waals surface area contributed by atoms with Gasteiger partial charge in [0.15, 0.2) is 0 Å². The first kappa shape index (κ1) is 15.8. The molecular weight excluding hydrogens is 208 g/mol. The summed E-state index contributed by atoms with van der Waals surface area (Å²) in [6, 6.07) is 0. The summed E-state index contributed by atoms with van der Waals surface area (Å²) in [7, 11) is 0. The number of hydrogen-bond donors (Lipinski definition) is 2. The molecule has 0 saturated carbocycles. The Bertz CT molecular complexity index is 141. The summed E-state index contributed by atoms with van der Waals surface area (Å²) in [4.78, 5) is 0. The van der Waals surface area contributed by atoms with Gasteiger partial charge in [-0.05, 0) is 18.8 Å². The van der Waals surface area contributed by atoms with E-state index in [1.54, 1.807) is 0 Å². The van der Waals surface area contributed by atoms with Crippen molar-refractivity contribution in [2.45, 2.75) is 39.2 Å². The van der Waals surface area contributed by atoms with Gasteiger partial charge in [0, 0.05) is 13.2 Å². The second kappa shape index (κ2) is 11.3. The van der Waals surface area contributed by atoms with Crippen molar-refractivity contribution < 1.29 is 19.7 Å². The first-order valence-electron chi connectivity index (χ1n) is 6.16. The van der Waals surface area contributed by atoms with E-state index in [0.717, 1.165) is 25.9 Å². The summed E-state index contributed by atoms with van der Waals surface area (Å²) < 4.78 is 10.7. The molecule has 0 aromatic heterocycles. The van der Waals surface area contributed by atoms with Crippen molar-refractivity contribution in [3.05, 3.63) is 0 Å². The zero-order valence-corrected chi connectivity index (χ0v) is 10.5. The van der Waals surface area contributed by atoms with Crippen LogP contribution >= 0.6 is 0 Å². The maximum atomic E-state index is 9.30. The van der Waals surface area contributed by atoms with Crippen molar-refractivity contribution in [1.29, 1.82) is 0 Å². The molecule has 2 N–H and O–H groups in total. The molecule has 98 valence electrons. The number of rotatable bonds is 11. The molecule has 0 aliphatic heterocycles. The maximum Gasteiger partial charge on any atom is 0.0797 e. The minimum absolute atomic E-state index is 0.0750. The lowest BCUT2D eigenvalue weighted by molar-refractivity contribution is 0.0177. The van der Waals surface area contributed by atoms with Crippen LogP contribution in [0.25, 0.3) is 0 Å². The normalized spacial score (nSPS) is 15.0. The van der Waals surface area contributed by atoms with Crippen molar-refractivity contribution in [2.75, 3.05) is 33.0 Å². The predicted octanol–water partition coefficient (Wildman–Crippen LogP) is 1.20. The number of hydrogen-bond acceptors (Lipinski definition) is 4. The third-order valence-electron chi connectivity index (χ3n) is 2.58. The van der Waals surface area contributed by atoms with Crippen LogP contribution in [0.5, 0.6) is 0 Å². The summed E-state index contributed by atoms with van der Waals surface area (Å²) >= 11 is 0. The lowest BCUT2D eigenvalue weighted by Crippen LogP contribution is -2.23. The van der Waals surface area contributed by atoms with Crippen molar-refractivity contribution in [2.24, 2.45) is 5.92 Å². The Hall–Kier alpha value is -0.160. The Kier molecular flexibility index (Phi) is 11.2. The Morgan fingerprint density at radius 2 is 1.69 bits per heavy atom. The lowest BCUT2D eigenvalue weighted by atomic mass is 10.0. The van der Waals surface area contributed by atoms with Crippen LogP contribution in [0.2, 0.25) is 0 Å². The van der Waals surface area contributed by atoms with E-state index in [4.69, 9.17) is 14.6 Å². The van der Waals surface area contributed by atoms with E-state index in [1.807, 2.05) is 6.92 Å². The molecule has 0 bridgehead atoms. The maximum absolute atomic E-state index is 9.30. The van der Waals surface area contributed by atoms with E-state index >= 15 is 0 Å². The molecule has 0 rings (SSSR count). The second-order valence-corrected chi connectivity index (χ2v) is 4.09. The largest absolute Gasteiger partial charge is 0.394 e. The summed E-state index contributed by atoms with van der Waals surface area (Å²) in [5.41, 5.74) is 0. The highest BCUT2D eigenvalue weighted by Gasteiger charge is 2.12. The molecule has 0 aliphatic rings. The number of aliphatic hydroxyl groups is 2. The molecule has 0 aromatic rings. The van der Waals surface area contributed by atoms with Crippen molar-refractivity contribution in [1.82, 2.24) is 0 Å². The monoisotopic (exact) mass is 234 g/mol. The van der Waals surface area contributed by atoms with E-state index in [2.05, 4.69) is 6.92 Å². The average molecular weight is 234 g/mol. The summed E-state index contributed by atoms with van der Waals surface area (Å²) in [6.45, 7) is 6.51. The molecule has 0 fully saturated rings. The van der Waals surface area contributed by atoms with Gasteiger partial charge >= 0.3 is 0 Å². The van der Waals surface area contributed by atoms with Gasteiger partial charge in [0.05, 0.1) is 25.9 Å². The van der Waals surface area contributed by atoms with Crippen LogP contribution in [0.15, 0.2) is 0 Å². The van der Waals surface area contributed by atoms with E-state index in [9.17, 15) is 5.11 Å². The van der Waals surface area contributed by atoms with Crippen LogP contribution in [0, 0.1) is 5.92 Å². The Balaban J connectivity index is 3.14. The van der Waals surface area contributed by atoms with E-state index < -0.39 is 6.10 Å². The van der Waals surface area contributed by atoms with Gasteiger partial charge in [0.2, 0.25) is 0 Å². The van der Waals surface area contributed by atoms with Crippen molar-refractivity contribution in [3.8, 4) is 0 Å². The highest BCUT2D eigenvalue weighted by atomic mass is 16.5. The van der Waals surface area contributed by atoms with Gasteiger partial charge in [-0.2, -0.15) is 0 Å². The minimum Gasteiger partial charge on any atom is -0.394 e. The van der Waals surface area contributed by atoms with Crippen LogP contribution in [0.4, 0.5) is 0 Å². The quantitative estimate of drug-likeness (QED) is 0.527. The van der Waals surface area contributed by atoms with Crippen LogP contribution in [-0.4, -0.2) is 49.4 Å². The van der Waals surface area contributed by atoms with Crippen LogP contribution in [0.1, 0.15) is 33.1 Å². The van der Waals surface area contributed by atoms with Gasteiger partial charge in [-0.1, -0.05) is 20.3 Å². The van der Waals surface area contributed by atoms with Gasteiger partial charge in [0.25, 0.3) is 0 Å². The molecule has 2 unspecified atom stereocenters. The van der Waals surface area contributed by atoms with Gasteiger partial charge in [-0.25, -0.2) is 0 Å². The van der Waals surface area contributed by atoms with Crippen LogP contribution in [0.3, 0.4) is 0 Å². The zero-order valence-electron chi connectivity index (χ0n) is 10.5. The van der Waals surface area contributed by atoms with Crippen molar-refractivity contribution >= 4 is 0 Å². The summed E-state index contributed by atoms with van der Waals surface area (Å²) in [5, 5.41) is 18.0. The number of ether oxygens (including phenoxy) is 2. The number of unbranched alkanes of at least 4 members (excludes halogenated alkanes) is 1. The number of aliphatic hydroxyl groups excluding tert-OH is 2. The van der Waals surface area contributed by atoms with E-state index in [-0.39, 0.29) is 12.5 Å². The van der Waals surface area contributed by atoms with E-state index in [0.29, 0.717) is 19.8 Å². The smallest absolute Gasteiger partial charge is 0.0797 e. The molecule has 0 amide bonds. The minimum atomic E-state index is -0.635.